The maximum atomic E-state index is 11.8. The number of nitrogens with one attached hydrogen (secondary N) is 2. The van der Waals surface area contributed by atoms with E-state index in [9.17, 15) is 9.59 Å². The summed E-state index contributed by atoms with van der Waals surface area (Å²) < 4.78 is 15.9. The molecule has 0 radical (unpaired) electrons. The Morgan fingerprint density at radius 3 is 2.56 bits per heavy atom. The molecule has 0 unspecified atom stereocenters. The first kappa shape index (κ1) is 18.3. The molecule has 1 aliphatic heterocycles. The normalized spacial score (nSPS) is 12.1. The standard InChI is InChI=1S/C20H20N2O5/c1-13-7-14(2)9-16(8-13)25-11-20(24)22-21-19(23)6-4-15-3-5-17-18(10-15)27-12-26-17/h3-10H,11-12H2,1-2H3,(H,21,23)(H,22,24)/b6-4-. The van der Waals surface area contributed by atoms with Gasteiger partial charge in [-0.3, -0.25) is 20.4 Å². The van der Waals surface area contributed by atoms with Gasteiger partial charge in [-0.05, 0) is 60.9 Å². The van der Waals surface area contributed by atoms with Crippen molar-refractivity contribution < 1.29 is 23.8 Å². The van der Waals surface area contributed by atoms with Gasteiger partial charge < -0.3 is 14.2 Å². The molecule has 1 heterocycles. The van der Waals surface area contributed by atoms with Crippen molar-refractivity contribution in [1.29, 1.82) is 0 Å². The zero-order valence-electron chi connectivity index (χ0n) is 15.1. The van der Waals surface area contributed by atoms with Crippen LogP contribution in [0.15, 0.2) is 42.5 Å². The Hall–Kier alpha value is -3.48. The van der Waals surface area contributed by atoms with E-state index in [0.717, 1.165) is 16.7 Å². The Balaban J connectivity index is 1.43. The van der Waals surface area contributed by atoms with Crippen molar-refractivity contribution in [2.45, 2.75) is 13.8 Å². The molecular weight excluding hydrogens is 348 g/mol. The molecule has 2 aromatic rings. The molecule has 0 bridgehead atoms. The number of aryl methyl sites for hydroxylation is 2. The summed E-state index contributed by atoms with van der Waals surface area (Å²) in [4.78, 5) is 23.6. The monoisotopic (exact) mass is 368 g/mol. The van der Waals surface area contributed by atoms with Gasteiger partial charge in [-0.1, -0.05) is 12.1 Å². The molecule has 0 atom stereocenters. The molecule has 140 valence electrons. The highest BCUT2D eigenvalue weighted by Gasteiger charge is 2.12. The number of benzene rings is 2. The molecule has 7 heteroatoms. The summed E-state index contributed by atoms with van der Waals surface area (Å²) in [5.41, 5.74) is 7.48. The van der Waals surface area contributed by atoms with Gasteiger partial charge in [0, 0.05) is 6.08 Å². The fourth-order valence-electron chi connectivity index (χ4n) is 2.56. The quantitative estimate of drug-likeness (QED) is 0.625. The summed E-state index contributed by atoms with van der Waals surface area (Å²) in [6, 6.07) is 11.0. The molecule has 1 aliphatic rings. The zero-order chi connectivity index (χ0) is 19.2. The largest absolute Gasteiger partial charge is 0.484 e. The first-order chi connectivity index (χ1) is 13.0. The van der Waals surface area contributed by atoms with Crippen molar-refractivity contribution in [3.8, 4) is 17.2 Å². The predicted octanol–water partition coefficient (Wildman–Crippen LogP) is 2.27. The molecule has 7 nitrogen and oxygen atoms in total. The lowest BCUT2D eigenvalue weighted by Gasteiger charge is -2.09. The highest BCUT2D eigenvalue weighted by molar-refractivity contribution is 5.93. The van der Waals surface area contributed by atoms with Gasteiger partial charge in [0.05, 0.1) is 0 Å². The molecule has 0 saturated heterocycles. The zero-order valence-corrected chi connectivity index (χ0v) is 15.1. The second kappa shape index (κ2) is 8.27. The van der Waals surface area contributed by atoms with Crippen LogP contribution in [0.1, 0.15) is 16.7 Å². The third kappa shape index (κ3) is 5.24. The summed E-state index contributed by atoms with van der Waals surface area (Å²) in [5, 5.41) is 0. The molecule has 2 N–H and O–H groups in total. The van der Waals surface area contributed by atoms with Crippen molar-refractivity contribution in [2.24, 2.45) is 0 Å². The topological polar surface area (TPSA) is 85.9 Å². The Morgan fingerprint density at radius 1 is 1.04 bits per heavy atom. The summed E-state index contributed by atoms with van der Waals surface area (Å²) in [6.07, 6.45) is 2.91. The van der Waals surface area contributed by atoms with Crippen LogP contribution in [-0.2, 0) is 9.59 Å². The van der Waals surface area contributed by atoms with Crippen molar-refractivity contribution in [3.05, 3.63) is 59.2 Å². The minimum absolute atomic E-state index is 0.194. The minimum atomic E-state index is -0.465. The van der Waals surface area contributed by atoms with E-state index in [1.54, 1.807) is 24.3 Å². The number of hydrogen-bond donors (Lipinski definition) is 2. The van der Waals surface area contributed by atoms with E-state index < -0.39 is 11.8 Å². The lowest BCUT2D eigenvalue weighted by atomic mass is 10.1. The van der Waals surface area contributed by atoms with Crippen LogP contribution in [0.25, 0.3) is 6.08 Å². The molecule has 3 rings (SSSR count). The number of hydrazine groups is 1. The molecule has 2 amide bonds. The van der Waals surface area contributed by atoms with E-state index in [4.69, 9.17) is 14.2 Å². The molecule has 0 saturated carbocycles. The first-order valence-electron chi connectivity index (χ1n) is 8.37. The van der Waals surface area contributed by atoms with Crippen LogP contribution in [0.5, 0.6) is 17.2 Å². The maximum Gasteiger partial charge on any atom is 0.276 e. The summed E-state index contributed by atoms with van der Waals surface area (Å²) in [7, 11) is 0. The van der Waals surface area contributed by atoms with Gasteiger partial charge in [-0.25, -0.2) is 0 Å². The third-order valence-electron chi connectivity index (χ3n) is 3.71. The second-order valence-corrected chi connectivity index (χ2v) is 6.10. The number of hydrogen-bond acceptors (Lipinski definition) is 5. The first-order valence-corrected chi connectivity index (χ1v) is 8.37. The highest BCUT2D eigenvalue weighted by atomic mass is 16.7. The molecule has 0 spiro atoms. The number of carbonyl (C=O) groups is 2. The van der Waals surface area contributed by atoms with Gasteiger partial charge in [-0.15, -0.1) is 0 Å². The van der Waals surface area contributed by atoms with Crippen LogP contribution in [0.4, 0.5) is 0 Å². The number of rotatable bonds is 5. The molecule has 0 aliphatic carbocycles. The van der Waals surface area contributed by atoms with Crippen LogP contribution >= 0.6 is 0 Å². The van der Waals surface area contributed by atoms with E-state index in [1.165, 1.54) is 6.08 Å². The molecule has 0 fully saturated rings. The van der Waals surface area contributed by atoms with Crippen LogP contribution in [-0.4, -0.2) is 25.2 Å². The predicted molar refractivity (Wildman–Crippen MR) is 99.3 cm³/mol. The molecular formula is C20H20N2O5. The fraction of sp³-hybridized carbons (Fsp3) is 0.200. The van der Waals surface area contributed by atoms with Gasteiger partial charge in [0.25, 0.3) is 11.8 Å². The smallest absolute Gasteiger partial charge is 0.276 e. The van der Waals surface area contributed by atoms with Gasteiger partial charge >= 0.3 is 0 Å². The second-order valence-electron chi connectivity index (χ2n) is 6.10. The van der Waals surface area contributed by atoms with E-state index in [2.05, 4.69) is 10.9 Å². The van der Waals surface area contributed by atoms with Gasteiger partial charge in [-0.2, -0.15) is 0 Å². The van der Waals surface area contributed by atoms with E-state index in [1.807, 2.05) is 32.0 Å². The average Bonchev–Trinajstić information content (AvgIpc) is 3.10. The van der Waals surface area contributed by atoms with E-state index >= 15 is 0 Å². The molecule has 2 aromatic carbocycles. The van der Waals surface area contributed by atoms with Crippen molar-refractivity contribution in [1.82, 2.24) is 10.9 Å². The number of carbonyl (C=O) groups excluding carboxylic acids is 2. The highest BCUT2D eigenvalue weighted by Crippen LogP contribution is 2.32. The Bertz CT molecular complexity index is 872. The Morgan fingerprint density at radius 2 is 1.78 bits per heavy atom. The summed E-state index contributed by atoms with van der Waals surface area (Å²) >= 11 is 0. The summed E-state index contributed by atoms with van der Waals surface area (Å²) in [5.74, 6) is 0.991. The van der Waals surface area contributed by atoms with Gasteiger partial charge in [0.1, 0.15) is 5.75 Å². The maximum absolute atomic E-state index is 11.8. The lowest BCUT2D eigenvalue weighted by molar-refractivity contribution is -0.128. The van der Waals surface area contributed by atoms with Crippen LogP contribution in [0.3, 0.4) is 0 Å². The van der Waals surface area contributed by atoms with E-state index in [0.29, 0.717) is 17.2 Å². The van der Waals surface area contributed by atoms with Crippen LogP contribution in [0.2, 0.25) is 0 Å². The minimum Gasteiger partial charge on any atom is -0.484 e. The lowest BCUT2D eigenvalue weighted by Crippen LogP contribution is -2.43. The molecule has 27 heavy (non-hydrogen) atoms. The number of fused-ring (bicyclic) bond motifs is 1. The van der Waals surface area contributed by atoms with E-state index in [-0.39, 0.29) is 13.4 Å². The average molecular weight is 368 g/mol. The molecule has 0 aromatic heterocycles. The van der Waals surface area contributed by atoms with Crippen molar-refractivity contribution in [2.75, 3.05) is 13.4 Å². The van der Waals surface area contributed by atoms with Gasteiger partial charge in [0.2, 0.25) is 6.79 Å². The summed E-state index contributed by atoms with van der Waals surface area (Å²) in [6.45, 7) is 3.90. The van der Waals surface area contributed by atoms with Crippen LogP contribution < -0.4 is 25.1 Å². The SMILES string of the molecule is Cc1cc(C)cc(OCC(=O)NNC(=O)/C=C\c2ccc3c(c2)OCO3)c1. The Labute approximate surface area is 156 Å². The number of ether oxygens (including phenoxy) is 3. The Kier molecular flexibility index (Phi) is 5.61. The third-order valence-corrected chi connectivity index (χ3v) is 3.71. The fourth-order valence-corrected chi connectivity index (χ4v) is 2.56. The van der Waals surface area contributed by atoms with Crippen molar-refractivity contribution >= 4 is 17.9 Å². The van der Waals surface area contributed by atoms with Crippen LogP contribution in [0, 0.1) is 13.8 Å². The van der Waals surface area contributed by atoms with Gasteiger partial charge in [0.15, 0.2) is 18.1 Å². The number of amides is 2. The van der Waals surface area contributed by atoms with Crippen molar-refractivity contribution in [3.63, 3.8) is 0 Å².